The molecule has 18 heavy (non-hydrogen) atoms. The van der Waals surface area contributed by atoms with Gasteiger partial charge in [-0.05, 0) is 23.1 Å². The second-order valence-corrected chi connectivity index (χ2v) is 9.13. The van der Waals surface area contributed by atoms with Gasteiger partial charge in [-0.3, -0.25) is 0 Å². The molecular weight excluding hydrogens is 320 g/mol. The Morgan fingerprint density at radius 2 is 1.78 bits per heavy atom. The normalized spacial score (nSPS) is 13.9. The number of hydrogen-bond acceptors (Lipinski definition) is 6. The molecule has 0 unspecified atom stereocenters. The van der Waals surface area contributed by atoms with E-state index in [9.17, 15) is 0 Å². The highest BCUT2D eigenvalue weighted by Gasteiger charge is 2.17. The van der Waals surface area contributed by atoms with Gasteiger partial charge in [0, 0.05) is 4.91 Å². The molecular formula is C12H8OS5. The zero-order chi connectivity index (χ0) is 12.5. The first kappa shape index (κ1) is 12.7. The van der Waals surface area contributed by atoms with E-state index in [1.54, 1.807) is 53.3 Å². The number of ether oxygens (including phenoxy) is 1. The molecule has 92 valence electrons. The highest BCUT2D eigenvalue weighted by atomic mass is 32.2. The third-order valence-electron chi connectivity index (χ3n) is 2.37. The molecule has 1 aromatic heterocycles. The van der Waals surface area contributed by atoms with Gasteiger partial charge in [0.25, 0.3) is 0 Å². The van der Waals surface area contributed by atoms with Crippen LogP contribution >= 0.6 is 58.4 Å². The number of benzene rings is 1. The summed E-state index contributed by atoms with van der Waals surface area (Å²) >= 11 is 12.2. The molecule has 0 aliphatic carbocycles. The average molecular weight is 329 g/mol. The Morgan fingerprint density at radius 3 is 2.50 bits per heavy atom. The van der Waals surface area contributed by atoms with Crippen LogP contribution in [0.2, 0.25) is 0 Å². The van der Waals surface area contributed by atoms with E-state index < -0.39 is 0 Å². The third-order valence-corrected chi connectivity index (χ3v) is 7.92. The van der Waals surface area contributed by atoms with Crippen molar-refractivity contribution in [3.63, 3.8) is 0 Å². The lowest BCUT2D eigenvalue weighted by atomic mass is 10.2. The van der Waals surface area contributed by atoms with E-state index in [2.05, 4.69) is 17.5 Å². The predicted octanol–water partition coefficient (Wildman–Crippen LogP) is 5.74. The van der Waals surface area contributed by atoms with Gasteiger partial charge in [0.05, 0.1) is 15.5 Å². The second kappa shape index (κ2) is 5.38. The van der Waals surface area contributed by atoms with E-state index in [1.807, 2.05) is 12.1 Å². The first-order valence-electron chi connectivity index (χ1n) is 5.09. The SMILES string of the molecule is COc1ccc(C2=CSc3sc(=S)sc3S2)cc1. The van der Waals surface area contributed by atoms with Gasteiger partial charge in [-0.1, -0.05) is 47.9 Å². The van der Waals surface area contributed by atoms with Gasteiger partial charge in [-0.25, -0.2) is 0 Å². The van der Waals surface area contributed by atoms with Crippen molar-refractivity contribution in [1.82, 2.24) is 0 Å². The van der Waals surface area contributed by atoms with E-state index in [4.69, 9.17) is 17.0 Å². The summed E-state index contributed by atoms with van der Waals surface area (Å²) in [7, 11) is 1.68. The molecule has 0 atom stereocenters. The molecule has 2 heterocycles. The van der Waals surface area contributed by atoms with Crippen LogP contribution in [-0.4, -0.2) is 7.11 Å². The molecule has 1 nitrogen and oxygen atoms in total. The van der Waals surface area contributed by atoms with Crippen LogP contribution in [-0.2, 0) is 0 Å². The summed E-state index contributed by atoms with van der Waals surface area (Å²) in [5.74, 6) is 0.889. The highest BCUT2D eigenvalue weighted by molar-refractivity contribution is 8.15. The topological polar surface area (TPSA) is 9.23 Å². The summed E-state index contributed by atoms with van der Waals surface area (Å²) in [6.07, 6.45) is 0. The zero-order valence-electron chi connectivity index (χ0n) is 9.34. The van der Waals surface area contributed by atoms with Crippen LogP contribution in [0, 0.1) is 3.14 Å². The first-order valence-corrected chi connectivity index (χ1v) is 8.83. The van der Waals surface area contributed by atoms with Crippen LogP contribution in [0.1, 0.15) is 5.56 Å². The minimum absolute atomic E-state index is 0.889. The standard InChI is InChI=1S/C12H8OS5/c1-13-8-4-2-7(3-5-8)9-6-15-10-11(16-9)18-12(14)17-10/h2-6H,1H3. The summed E-state index contributed by atoms with van der Waals surface area (Å²) in [6.45, 7) is 0. The first-order chi connectivity index (χ1) is 8.76. The van der Waals surface area contributed by atoms with Crippen molar-refractivity contribution in [2.24, 2.45) is 0 Å². The summed E-state index contributed by atoms with van der Waals surface area (Å²) in [5, 5.41) is 2.20. The number of fused-ring (bicyclic) bond motifs is 1. The molecule has 0 radical (unpaired) electrons. The fraction of sp³-hybridized carbons (Fsp3) is 0.0833. The van der Waals surface area contributed by atoms with Crippen molar-refractivity contribution >= 4 is 63.3 Å². The molecule has 0 amide bonds. The van der Waals surface area contributed by atoms with Crippen LogP contribution in [0.25, 0.3) is 4.91 Å². The lowest BCUT2D eigenvalue weighted by Gasteiger charge is -2.12. The maximum Gasteiger partial charge on any atom is 0.145 e. The molecule has 6 heteroatoms. The summed E-state index contributed by atoms with van der Waals surface area (Å²) in [5.41, 5.74) is 1.23. The van der Waals surface area contributed by atoms with Gasteiger partial charge in [-0.2, -0.15) is 0 Å². The lowest BCUT2D eigenvalue weighted by molar-refractivity contribution is 0.415. The van der Waals surface area contributed by atoms with Gasteiger partial charge in [0.1, 0.15) is 8.89 Å². The smallest absolute Gasteiger partial charge is 0.145 e. The highest BCUT2D eigenvalue weighted by Crippen LogP contribution is 2.51. The number of hydrogen-bond donors (Lipinski definition) is 0. The lowest BCUT2D eigenvalue weighted by Crippen LogP contribution is -1.85. The number of thioether (sulfide) groups is 2. The van der Waals surface area contributed by atoms with Crippen LogP contribution in [0.15, 0.2) is 38.1 Å². The van der Waals surface area contributed by atoms with Gasteiger partial charge in [0.2, 0.25) is 0 Å². The summed E-state index contributed by atoms with van der Waals surface area (Å²) in [6, 6.07) is 8.17. The maximum atomic E-state index is 5.24. The van der Waals surface area contributed by atoms with Crippen LogP contribution in [0.4, 0.5) is 0 Å². The Labute approximate surface area is 127 Å². The number of rotatable bonds is 2. The van der Waals surface area contributed by atoms with Crippen molar-refractivity contribution in [1.29, 1.82) is 0 Å². The van der Waals surface area contributed by atoms with Crippen molar-refractivity contribution in [3.8, 4) is 5.75 Å². The molecule has 1 aromatic carbocycles. The minimum atomic E-state index is 0.889. The fourth-order valence-electron chi connectivity index (χ4n) is 1.50. The van der Waals surface area contributed by atoms with Crippen molar-refractivity contribution in [2.45, 2.75) is 8.42 Å². The van der Waals surface area contributed by atoms with Gasteiger partial charge in [-0.15, -0.1) is 22.7 Å². The molecule has 0 fully saturated rings. The quantitative estimate of drug-likeness (QED) is 0.649. The molecule has 0 saturated carbocycles. The Kier molecular flexibility index (Phi) is 3.81. The van der Waals surface area contributed by atoms with E-state index in [0.29, 0.717) is 0 Å². The molecule has 1 aliphatic rings. The molecule has 0 bridgehead atoms. The van der Waals surface area contributed by atoms with E-state index in [-0.39, 0.29) is 0 Å². The van der Waals surface area contributed by atoms with Crippen molar-refractivity contribution < 1.29 is 4.74 Å². The molecule has 1 aliphatic heterocycles. The van der Waals surface area contributed by atoms with Gasteiger partial charge >= 0.3 is 0 Å². The molecule has 3 rings (SSSR count). The molecule has 0 N–H and O–H groups in total. The van der Waals surface area contributed by atoms with E-state index >= 15 is 0 Å². The minimum Gasteiger partial charge on any atom is -0.497 e. The Balaban J connectivity index is 1.89. The molecule has 0 spiro atoms. The maximum absolute atomic E-state index is 5.24. The van der Waals surface area contributed by atoms with Crippen LogP contribution in [0.5, 0.6) is 5.75 Å². The fourth-order valence-corrected chi connectivity index (χ4v) is 7.40. The van der Waals surface area contributed by atoms with E-state index in [0.717, 1.165) is 8.89 Å². The number of methoxy groups -OCH3 is 1. The Bertz CT molecular complexity index is 650. The summed E-state index contributed by atoms with van der Waals surface area (Å²) < 4.78 is 8.83. The van der Waals surface area contributed by atoms with Crippen molar-refractivity contribution in [2.75, 3.05) is 7.11 Å². The predicted molar refractivity (Wildman–Crippen MR) is 85.7 cm³/mol. The van der Waals surface area contributed by atoms with Crippen LogP contribution < -0.4 is 4.74 Å². The summed E-state index contributed by atoms with van der Waals surface area (Å²) in [4.78, 5) is 1.28. The Morgan fingerprint density at radius 1 is 1.06 bits per heavy atom. The zero-order valence-corrected chi connectivity index (χ0v) is 13.4. The third kappa shape index (κ3) is 2.53. The van der Waals surface area contributed by atoms with E-state index in [1.165, 1.54) is 18.9 Å². The monoisotopic (exact) mass is 328 g/mol. The second-order valence-electron chi connectivity index (χ2n) is 3.46. The average Bonchev–Trinajstić information content (AvgIpc) is 2.78. The van der Waals surface area contributed by atoms with Gasteiger partial charge < -0.3 is 4.74 Å². The van der Waals surface area contributed by atoms with Crippen molar-refractivity contribution in [3.05, 3.63) is 38.4 Å². The van der Waals surface area contributed by atoms with Crippen LogP contribution in [0.3, 0.4) is 0 Å². The molecule has 0 saturated heterocycles. The van der Waals surface area contributed by atoms with Gasteiger partial charge in [0.15, 0.2) is 0 Å². The molecule has 2 aromatic rings. The Hall–Kier alpha value is -0.270. The largest absolute Gasteiger partial charge is 0.497 e.